The molecule has 1 aromatic carbocycles. The highest BCUT2D eigenvalue weighted by Crippen LogP contribution is 2.26. The zero-order chi connectivity index (χ0) is 11.5. The summed E-state index contributed by atoms with van der Waals surface area (Å²) < 4.78 is 6.48. The Morgan fingerprint density at radius 1 is 1.25 bits per heavy atom. The summed E-state index contributed by atoms with van der Waals surface area (Å²) in [5.41, 5.74) is 7.28. The summed E-state index contributed by atoms with van der Waals surface area (Å²) in [5.74, 6) is 1.24. The van der Waals surface area contributed by atoms with E-state index in [9.17, 15) is 0 Å². The van der Waals surface area contributed by atoms with Gasteiger partial charge in [0.2, 0.25) is 5.88 Å². The molecule has 3 nitrogen and oxygen atoms in total. The second kappa shape index (κ2) is 4.53. The molecule has 0 radical (unpaired) electrons. The van der Waals surface area contributed by atoms with Crippen LogP contribution >= 0.6 is 15.9 Å². The Morgan fingerprint density at radius 3 is 2.75 bits per heavy atom. The number of anilines is 1. The molecule has 2 aromatic rings. The van der Waals surface area contributed by atoms with E-state index in [2.05, 4.69) is 20.9 Å². The molecule has 1 heterocycles. The molecule has 2 rings (SSSR count). The lowest BCUT2D eigenvalue weighted by Crippen LogP contribution is -1.91. The van der Waals surface area contributed by atoms with Crippen molar-refractivity contribution >= 4 is 21.6 Å². The fourth-order valence-corrected chi connectivity index (χ4v) is 1.83. The molecule has 0 aliphatic heterocycles. The molecule has 2 N–H and O–H groups in total. The molecule has 0 aliphatic rings. The lowest BCUT2D eigenvalue weighted by Gasteiger charge is -2.06. The smallest absolute Gasteiger partial charge is 0.219 e. The number of hydrogen-bond donors (Lipinski definition) is 1. The predicted molar refractivity (Wildman–Crippen MR) is 67.6 cm³/mol. The molecule has 0 saturated carbocycles. The fourth-order valence-electron chi connectivity index (χ4n) is 1.34. The van der Waals surface area contributed by atoms with Gasteiger partial charge >= 0.3 is 0 Å². The molecule has 1 aromatic heterocycles. The van der Waals surface area contributed by atoms with Crippen molar-refractivity contribution in [3.8, 4) is 11.6 Å². The first-order valence-electron chi connectivity index (χ1n) is 4.81. The van der Waals surface area contributed by atoms with Crippen LogP contribution in [0.15, 0.2) is 40.9 Å². The van der Waals surface area contributed by atoms with Crippen molar-refractivity contribution in [2.24, 2.45) is 0 Å². The van der Waals surface area contributed by atoms with E-state index in [0.717, 1.165) is 10.2 Å². The Hall–Kier alpha value is -1.55. The van der Waals surface area contributed by atoms with Gasteiger partial charge in [0, 0.05) is 28.0 Å². The first-order chi connectivity index (χ1) is 7.63. The Kier molecular flexibility index (Phi) is 3.10. The third-order valence-electron chi connectivity index (χ3n) is 1.98. The van der Waals surface area contributed by atoms with Gasteiger partial charge in [-0.1, -0.05) is 22.0 Å². The van der Waals surface area contributed by atoms with E-state index >= 15 is 0 Å². The average Bonchev–Trinajstić information content (AvgIpc) is 2.15. The second-order valence-electron chi connectivity index (χ2n) is 3.44. The van der Waals surface area contributed by atoms with Crippen molar-refractivity contribution in [3.05, 3.63) is 46.6 Å². The number of nitrogens with zero attached hydrogens (tertiary/aromatic N) is 1. The van der Waals surface area contributed by atoms with Gasteiger partial charge in [0.25, 0.3) is 0 Å². The van der Waals surface area contributed by atoms with Crippen LogP contribution in [-0.4, -0.2) is 4.98 Å². The lowest BCUT2D eigenvalue weighted by atomic mass is 10.3. The lowest BCUT2D eigenvalue weighted by molar-refractivity contribution is 0.461. The number of nitrogen functional groups attached to an aromatic ring is 1. The summed E-state index contributed by atoms with van der Waals surface area (Å²) in [4.78, 5) is 4.25. The van der Waals surface area contributed by atoms with Crippen LogP contribution in [0.3, 0.4) is 0 Å². The number of rotatable bonds is 2. The summed E-state index contributed by atoms with van der Waals surface area (Å²) in [6, 6.07) is 11.1. The molecule has 0 bridgehead atoms. The summed E-state index contributed by atoms with van der Waals surface area (Å²) >= 11 is 3.36. The van der Waals surface area contributed by atoms with E-state index in [1.807, 2.05) is 37.3 Å². The maximum Gasteiger partial charge on any atom is 0.219 e. The van der Waals surface area contributed by atoms with Gasteiger partial charge in [-0.3, -0.25) is 0 Å². The average molecular weight is 279 g/mol. The Bertz CT molecular complexity index is 494. The standard InChI is InChI=1S/C12H11BrN2O/c1-8-3-2-4-12(15-8)16-11-6-9(13)5-10(14)7-11/h2-7H,14H2,1H3. The van der Waals surface area contributed by atoms with Gasteiger partial charge in [0.15, 0.2) is 0 Å². The topological polar surface area (TPSA) is 48.1 Å². The minimum atomic E-state index is 0.567. The van der Waals surface area contributed by atoms with Gasteiger partial charge in [-0.2, -0.15) is 0 Å². The quantitative estimate of drug-likeness (QED) is 0.855. The number of pyridine rings is 1. The van der Waals surface area contributed by atoms with Crippen molar-refractivity contribution in [2.75, 3.05) is 5.73 Å². The minimum Gasteiger partial charge on any atom is -0.439 e. The van der Waals surface area contributed by atoms with E-state index in [0.29, 0.717) is 17.3 Å². The Morgan fingerprint density at radius 2 is 2.06 bits per heavy atom. The third-order valence-corrected chi connectivity index (χ3v) is 2.44. The molecule has 82 valence electrons. The first-order valence-corrected chi connectivity index (χ1v) is 5.60. The second-order valence-corrected chi connectivity index (χ2v) is 4.36. The number of benzene rings is 1. The van der Waals surface area contributed by atoms with Crippen LogP contribution in [0.5, 0.6) is 11.6 Å². The van der Waals surface area contributed by atoms with Gasteiger partial charge in [-0.15, -0.1) is 0 Å². The van der Waals surface area contributed by atoms with Crippen LogP contribution in [0.25, 0.3) is 0 Å². The maximum absolute atomic E-state index is 5.71. The molecule has 0 saturated heterocycles. The van der Waals surface area contributed by atoms with Crippen molar-refractivity contribution in [1.29, 1.82) is 0 Å². The van der Waals surface area contributed by atoms with Gasteiger partial charge in [0.05, 0.1) is 0 Å². The molecule has 16 heavy (non-hydrogen) atoms. The monoisotopic (exact) mass is 278 g/mol. The molecule has 4 heteroatoms. The first kappa shape index (κ1) is 11.0. The van der Waals surface area contributed by atoms with Crippen molar-refractivity contribution in [2.45, 2.75) is 6.92 Å². The molecule has 0 aliphatic carbocycles. The highest BCUT2D eigenvalue weighted by Gasteiger charge is 2.01. The molecule has 0 amide bonds. The highest BCUT2D eigenvalue weighted by atomic mass is 79.9. The zero-order valence-corrected chi connectivity index (χ0v) is 10.4. The molecule has 0 unspecified atom stereocenters. The summed E-state index contributed by atoms with van der Waals surface area (Å²) in [6.45, 7) is 1.92. The van der Waals surface area contributed by atoms with Crippen LogP contribution in [-0.2, 0) is 0 Å². The van der Waals surface area contributed by atoms with E-state index < -0.39 is 0 Å². The minimum absolute atomic E-state index is 0.567. The van der Waals surface area contributed by atoms with Crippen LogP contribution < -0.4 is 10.5 Å². The van der Waals surface area contributed by atoms with E-state index in [1.54, 1.807) is 6.07 Å². The normalized spacial score (nSPS) is 10.1. The molecular weight excluding hydrogens is 268 g/mol. The van der Waals surface area contributed by atoms with Gasteiger partial charge in [-0.05, 0) is 25.1 Å². The maximum atomic E-state index is 5.71. The Balaban J connectivity index is 2.27. The summed E-state index contributed by atoms with van der Waals surface area (Å²) in [5, 5.41) is 0. The van der Waals surface area contributed by atoms with Gasteiger partial charge in [0.1, 0.15) is 5.75 Å². The largest absolute Gasteiger partial charge is 0.439 e. The summed E-state index contributed by atoms with van der Waals surface area (Å²) in [6.07, 6.45) is 0. The third kappa shape index (κ3) is 2.73. The van der Waals surface area contributed by atoms with Crippen molar-refractivity contribution < 1.29 is 4.74 Å². The number of halogens is 1. The Labute approximate surface area is 102 Å². The van der Waals surface area contributed by atoms with Crippen molar-refractivity contribution in [3.63, 3.8) is 0 Å². The number of aryl methyl sites for hydroxylation is 1. The summed E-state index contributed by atoms with van der Waals surface area (Å²) in [7, 11) is 0. The number of aromatic nitrogens is 1. The van der Waals surface area contributed by atoms with Crippen LogP contribution in [0.4, 0.5) is 5.69 Å². The SMILES string of the molecule is Cc1cccc(Oc2cc(N)cc(Br)c2)n1. The molecule has 0 atom stereocenters. The molecule has 0 spiro atoms. The molecule has 0 fully saturated rings. The zero-order valence-electron chi connectivity index (χ0n) is 8.77. The van der Waals surface area contributed by atoms with E-state index in [-0.39, 0.29) is 0 Å². The highest BCUT2D eigenvalue weighted by molar-refractivity contribution is 9.10. The van der Waals surface area contributed by atoms with E-state index in [1.165, 1.54) is 0 Å². The predicted octanol–water partition coefficient (Wildman–Crippen LogP) is 3.53. The number of ether oxygens (including phenoxy) is 1. The van der Waals surface area contributed by atoms with Crippen LogP contribution in [0, 0.1) is 6.92 Å². The van der Waals surface area contributed by atoms with Crippen LogP contribution in [0.1, 0.15) is 5.69 Å². The van der Waals surface area contributed by atoms with Crippen LogP contribution in [0.2, 0.25) is 0 Å². The fraction of sp³-hybridized carbons (Fsp3) is 0.0833. The van der Waals surface area contributed by atoms with Gasteiger partial charge in [-0.25, -0.2) is 4.98 Å². The number of nitrogens with two attached hydrogens (primary N) is 1. The van der Waals surface area contributed by atoms with Crippen molar-refractivity contribution in [1.82, 2.24) is 4.98 Å². The molecular formula is C12H11BrN2O. The van der Waals surface area contributed by atoms with E-state index in [4.69, 9.17) is 10.5 Å². The number of hydrogen-bond acceptors (Lipinski definition) is 3. The van der Waals surface area contributed by atoms with Gasteiger partial charge < -0.3 is 10.5 Å².